The van der Waals surface area contributed by atoms with Crippen LogP contribution in [-0.2, 0) is 4.79 Å². The molecule has 0 radical (unpaired) electrons. The van der Waals surface area contributed by atoms with Gasteiger partial charge in [0, 0.05) is 19.2 Å². The average Bonchev–Trinajstić information content (AvgIpc) is 2.77. The maximum atomic E-state index is 11.7. The molecule has 1 fully saturated rings. The molecule has 5 nitrogen and oxygen atoms in total. The summed E-state index contributed by atoms with van der Waals surface area (Å²) in [6.45, 7) is 3.03. The highest BCUT2D eigenvalue weighted by Gasteiger charge is 2.28. The molecule has 0 aliphatic carbocycles. The van der Waals surface area contributed by atoms with E-state index in [-0.39, 0.29) is 12.0 Å². The predicted octanol–water partition coefficient (Wildman–Crippen LogP) is 0.408. The Morgan fingerprint density at radius 1 is 1.71 bits per heavy atom. The molecule has 0 saturated carbocycles. The number of likely N-dealkylation sites (tertiary alicyclic amines) is 1. The van der Waals surface area contributed by atoms with Crippen LogP contribution in [0.4, 0.5) is 0 Å². The van der Waals surface area contributed by atoms with Gasteiger partial charge in [-0.25, -0.2) is 0 Å². The van der Waals surface area contributed by atoms with Crippen molar-refractivity contribution in [2.45, 2.75) is 25.5 Å². The number of carbonyl (C=O) groups excluding carboxylic acids is 1. The first-order valence-electron chi connectivity index (χ1n) is 5.78. The van der Waals surface area contributed by atoms with E-state index in [0.717, 1.165) is 12.2 Å². The number of amides is 1. The maximum Gasteiger partial charge on any atom is 0.239 e. The molecule has 0 aromatic carbocycles. The highest BCUT2D eigenvalue weighted by atomic mass is 16.5. The quantitative estimate of drug-likeness (QED) is 0.823. The SMILES string of the molecule is C[C@H](N)C(=O)N1CC[C@H](Oc2cccnc2)C1. The van der Waals surface area contributed by atoms with E-state index in [1.807, 2.05) is 12.1 Å². The zero-order valence-corrected chi connectivity index (χ0v) is 9.87. The number of hydrogen-bond donors (Lipinski definition) is 1. The fourth-order valence-corrected chi connectivity index (χ4v) is 1.92. The molecule has 2 N–H and O–H groups in total. The van der Waals surface area contributed by atoms with Crippen LogP contribution in [0.25, 0.3) is 0 Å². The molecule has 2 atom stereocenters. The number of rotatable bonds is 3. The molecule has 92 valence electrons. The number of pyridine rings is 1. The molecule has 0 spiro atoms. The monoisotopic (exact) mass is 235 g/mol. The molecule has 1 aromatic rings. The standard InChI is InChI=1S/C12H17N3O2/c1-9(13)12(16)15-6-4-11(8-15)17-10-3-2-5-14-7-10/h2-3,5,7,9,11H,4,6,8,13H2,1H3/t9-,11-/m0/s1. The van der Waals surface area contributed by atoms with Crippen LogP contribution in [0.5, 0.6) is 5.75 Å². The molecule has 1 amide bonds. The van der Waals surface area contributed by atoms with E-state index in [1.54, 1.807) is 24.2 Å². The summed E-state index contributed by atoms with van der Waals surface area (Å²) in [5.74, 6) is 0.731. The molecule has 1 aliphatic rings. The normalized spacial score (nSPS) is 21.3. The van der Waals surface area contributed by atoms with Crippen LogP contribution in [0.2, 0.25) is 0 Å². The lowest BCUT2D eigenvalue weighted by Gasteiger charge is -2.18. The molecule has 2 rings (SSSR count). The molecule has 1 saturated heterocycles. The summed E-state index contributed by atoms with van der Waals surface area (Å²) < 4.78 is 5.74. The van der Waals surface area contributed by atoms with Crippen molar-refractivity contribution in [3.8, 4) is 5.75 Å². The summed E-state index contributed by atoms with van der Waals surface area (Å²) in [5.41, 5.74) is 5.57. The highest BCUT2D eigenvalue weighted by Crippen LogP contribution is 2.17. The van der Waals surface area contributed by atoms with E-state index in [2.05, 4.69) is 4.98 Å². The predicted molar refractivity (Wildman–Crippen MR) is 63.5 cm³/mol. The third-order valence-electron chi connectivity index (χ3n) is 2.78. The topological polar surface area (TPSA) is 68.5 Å². The number of carbonyl (C=O) groups is 1. The van der Waals surface area contributed by atoms with Gasteiger partial charge < -0.3 is 15.4 Å². The van der Waals surface area contributed by atoms with Crippen LogP contribution in [0, 0.1) is 0 Å². The van der Waals surface area contributed by atoms with E-state index in [9.17, 15) is 4.79 Å². The molecular weight excluding hydrogens is 218 g/mol. The zero-order valence-electron chi connectivity index (χ0n) is 9.87. The number of ether oxygens (including phenoxy) is 1. The minimum atomic E-state index is -0.438. The van der Waals surface area contributed by atoms with E-state index in [4.69, 9.17) is 10.5 Å². The van der Waals surface area contributed by atoms with Crippen molar-refractivity contribution in [3.05, 3.63) is 24.5 Å². The lowest BCUT2D eigenvalue weighted by atomic mass is 10.3. The van der Waals surface area contributed by atoms with Gasteiger partial charge in [0.05, 0.1) is 18.8 Å². The summed E-state index contributed by atoms with van der Waals surface area (Å²) in [6, 6.07) is 3.25. The summed E-state index contributed by atoms with van der Waals surface area (Å²) in [5, 5.41) is 0. The van der Waals surface area contributed by atoms with Gasteiger partial charge in [-0.3, -0.25) is 9.78 Å². The summed E-state index contributed by atoms with van der Waals surface area (Å²) >= 11 is 0. The van der Waals surface area contributed by atoms with Crippen LogP contribution in [-0.4, -0.2) is 41.0 Å². The van der Waals surface area contributed by atoms with E-state index < -0.39 is 6.04 Å². The van der Waals surface area contributed by atoms with Crippen molar-refractivity contribution in [1.82, 2.24) is 9.88 Å². The number of hydrogen-bond acceptors (Lipinski definition) is 4. The highest BCUT2D eigenvalue weighted by molar-refractivity contribution is 5.81. The molecule has 5 heteroatoms. The summed E-state index contributed by atoms with van der Waals surface area (Å²) in [6.07, 6.45) is 4.26. The van der Waals surface area contributed by atoms with Crippen molar-refractivity contribution < 1.29 is 9.53 Å². The van der Waals surface area contributed by atoms with Gasteiger partial charge in [0.15, 0.2) is 0 Å². The number of nitrogens with two attached hydrogens (primary N) is 1. The first-order chi connectivity index (χ1) is 8.16. The summed E-state index contributed by atoms with van der Waals surface area (Å²) in [7, 11) is 0. The Kier molecular flexibility index (Phi) is 3.58. The van der Waals surface area contributed by atoms with Gasteiger partial charge in [-0.1, -0.05) is 0 Å². The minimum absolute atomic E-state index is 0.0118. The lowest BCUT2D eigenvalue weighted by molar-refractivity contribution is -0.131. The Bertz CT molecular complexity index is 381. The van der Waals surface area contributed by atoms with Crippen molar-refractivity contribution in [1.29, 1.82) is 0 Å². The van der Waals surface area contributed by atoms with Gasteiger partial charge in [-0.15, -0.1) is 0 Å². The Balaban J connectivity index is 1.88. The molecule has 2 heterocycles. The molecule has 0 bridgehead atoms. The fraction of sp³-hybridized carbons (Fsp3) is 0.500. The van der Waals surface area contributed by atoms with E-state index in [0.29, 0.717) is 13.1 Å². The molecule has 1 aromatic heterocycles. The molecular formula is C12H17N3O2. The zero-order chi connectivity index (χ0) is 12.3. The first kappa shape index (κ1) is 11.9. The third kappa shape index (κ3) is 2.94. The second-order valence-electron chi connectivity index (χ2n) is 4.29. The molecule has 1 aliphatic heterocycles. The van der Waals surface area contributed by atoms with Gasteiger partial charge in [-0.05, 0) is 19.1 Å². The Hall–Kier alpha value is -1.62. The molecule has 17 heavy (non-hydrogen) atoms. The van der Waals surface area contributed by atoms with Gasteiger partial charge in [0.1, 0.15) is 11.9 Å². The third-order valence-corrected chi connectivity index (χ3v) is 2.78. The smallest absolute Gasteiger partial charge is 0.239 e. The second-order valence-corrected chi connectivity index (χ2v) is 4.29. The van der Waals surface area contributed by atoms with Gasteiger partial charge in [0.25, 0.3) is 0 Å². The van der Waals surface area contributed by atoms with Gasteiger partial charge >= 0.3 is 0 Å². The summed E-state index contributed by atoms with van der Waals surface area (Å²) in [4.78, 5) is 17.4. The fourth-order valence-electron chi connectivity index (χ4n) is 1.92. The second kappa shape index (κ2) is 5.14. The van der Waals surface area contributed by atoms with Gasteiger partial charge in [0.2, 0.25) is 5.91 Å². The minimum Gasteiger partial charge on any atom is -0.487 e. The van der Waals surface area contributed by atoms with Crippen molar-refractivity contribution in [3.63, 3.8) is 0 Å². The van der Waals surface area contributed by atoms with E-state index in [1.165, 1.54) is 0 Å². The average molecular weight is 235 g/mol. The van der Waals surface area contributed by atoms with Gasteiger partial charge in [-0.2, -0.15) is 0 Å². The van der Waals surface area contributed by atoms with E-state index >= 15 is 0 Å². The van der Waals surface area contributed by atoms with Crippen molar-refractivity contribution >= 4 is 5.91 Å². The largest absolute Gasteiger partial charge is 0.487 e. The first-order valence-corrected chi connectivity index (χ1v) is 5.78. The Labute approximate surface area is 101 Å². The number of nitrogens with zero attached hydrogens (tertiary/aromatic N) is 2. The van der Waals surface area contributed by atoms with Crippen molar-refractivity contribution in [2.75, 3.05) is 13.1 Å². The van der Waals surface area contributed by atoms with Crippen LogP contribution < -0.4 is 10.5 Å². The molecule has 0 unspecified atom stereocenters. The van der Waals surface area contributed by atoms with Crippen LogP contribution >= 0.6 is 0 Å². The Morgan fingerprint density at radius 3 is 3.18 bits per heavy atom. The van der Waals surface area contributed by atoms with Crippen LogP contribution in [0.1, 0.15) is 13.3 Å². The number of aromatic nitrogens is 1. The van der Waals surface area contributed by atoms with Crippen LogP contribution in [0.15, 0.2) is 24.5 Å². The maximum absolute atomic E-state index is 11.7. The lowest BCUT2D eigenvalue weighted by Crippen LogP contribution is -2.41. The van der Waals surface area contributed by atoms with Crippen molar-refractivity contribution in [2.24, 2.45) is 5.73 Å². The van der Waals surface area contributed by atoms with Crippen LogP contribution in [0.3, 0.4) is 0 Å². The Morgan fingerprint density at radius 2 is 2.53 bits per heavy atom.